The predicted octanol–water partition coefficient (Wildman–Crippen LogP) is 15.6. The van der Waals surface area contributed by atoms with Crippen LogP contribution in [0.25, 0.3) is 113 Å². The highest BCUT2D eigenvalue weighted by Crippen LogP contribution is 2.42. The Bertz CT molecular complexity index is 3510. The maximum absolute atomic E-state index is 2.45. The number of hydrogen-bond donors (Lipinski definition) is 0. The molecule has 0 spiro atoms. The fourth-order valence-electron chi connectivity index (χ4n) is 9.18. The van der Waals surface area contributed by atoms with E-state index >= 15 is 0 Å². The van der Waals surface area contributed by atoms with Gasteiger partial charge in [0.25, 0.3) is 0 Å². The molecule has 0 bridgehead atoms. The van der Waals surface area contributed by atoms with Crippen LogP contribution in [-0.4, -0.2) is 4.57 Å². The third kappa shape index (κ3) is 4.73. The first kappa shape index (κ1) is 31.4. The summed E-state index contributed by atoms with van der Waals surface area (Å²) in [6, 6.07) is 74.0. The zero-order valence-corrected chi connectivity index (χ0v) is 31.2. The lowest BCUT2D eigenvalue weighted by atomic mass is 9.91. The third-order valence-electron chi connectivity index (χ3n) is 11.8. The average molecular weight is 728 g/mol. The molecule has 0 aliphatic heterocycles. The number of nitrogens with zero attached hydrogens (tertiary/aromatic N) is 1. The maximum atomic E-state index is 2.45. The Morgan fingerprint density at radius 3 is 1.57 bits per heavy atom. The van der Waals surface area contributed by atoms with Gasteiger partial charge >= 0.3 is 0 Å². The van der Waals surface area contributed by atoms with Crippen LogP contribution in [0.15, 0.2) is 200 Å². The molecule has 1 nitrogen and oxygen atoms in total. The van der Waals surface area contributed by atoms with Gasteiger partial charge in [0.2, 0.25) is 0 Å². The Kier molecular flexibility index (Phi) is 6.87. The Labute approximate surface area is 327 Å². The first-order valence-corrected chi connectivity index (χ1v) is 20.1. The van der Waals surface area contributed by atoms with Crippen LogP contribution in [-0.2, 0) is 0 Å². The van der Waals surface area contributed by atoms with Crippen molar-refractivity contribution in [2.24, 2.45) is 0 Å². The summed E-state index contributed by atoms with van der Waals surface area (Å²) in [5.74, 6) is 0. The third-order valence-corrected chi connectivity index (χ3v) is 13.0. The van der Waals surface area contributed by atoms with Crippen molar-refractivity contribution in [3.8, 4) is 39.1 Å². The van der Waals surface area contributed by atoms with Gasteiger partial charge in [0.05, 0.1) is 11.0 Å². The van der Waals surface area contributed by atoms with E-state index in [2.05, 4.69) is 205 Å². The van der Waals surface area contributed by atoms with Gasteiger partial charge in [-0.05, 0) is 108 Å². The average Bonchev–Trinajstić information content (AvgIpc) is 3.82. The number of fused-ring (bicyclic) bond motifs is 12. The summed E-state index contributed by atoms with van der Waals surface area (Å²) < 4.78 is 5.11. The van der Waals surface area contributed by atoms with Gasteiger partial charge in [-0.1, -0.05) is 158 Å². The molecule has 2 heterocycles. The first-order valence-electron chi connectivity index (χ1n) is 19.3. The largest absolute Gasteiger partial charge is 0.309 e. The second kappa shape index (κ2) is 12.3. The van der Waals surface area contributed by atoms with Gasteiger partial charge < -0.3 is 4.57 Å². The SMILES string of the molecule is c1cc(-c2ccc3c4ccccc4c4ccccc4c3c2)cc(-c2ccc3c4ccccc4n(-c4cccc(-c5cccc6c5sc5ccccc56)c4)c3c2)c1. The molecular formula is C54H33NS. The van der Waals surface area contributed by atoms with Crippen LogP contribution in [0.2, 0.25) is 0 Å². The Morgan fingerprint density at radius 1 is 0.286 bits per heavy atom. The van der Waals surface area contributed by atoms with Gasteiger partial charge in [-0.3, -0.25) is 0 Å². The van der Waals surface area contributed by atoms with Crippen LogP contribution >= 0.6 is 11.3 Å². The lowest BCUT2D eigenvalue weighted by molar-refractivity contribution is 1.18. The van der Waals surface area contributed by atoms with Crippen LogP contribution < -0.4 is 0 Å². The lowest BCUT2D eigenvalue weighted by Gasteiger charge is -2.13. The number of thiophene rings is 1. The van der Waals surface area contributed by atoms with Gasteiger partial charge in [0.1, 0.15) is 0 Å². The molecule has 2 heteroatoms. The second-order valence-corrected chi connectivity index (χ2v) is 15.9. The Morgan fingerprint density at radius 2 is 0.804 bits per heavy atom. The van der Waals surface area contributed by atoms with E-state index in [1.54, 1.807) is 0 Å². The molecule has 12 aromatic rings. The summed E-state index contributed by atoms with van der Waals surface area (Å²) in [6.45, 7) is 0. The van der Waals surface area contributed by atoms with Gasteiger partial charge in [-0.15, -0.1) is 11.3 Å². The van der Waals surface area contributed by atoms with Crippen LogP contribution in [0.1, 0.15) is 0 Å². The summed E-state index contributed by atoms with van der Waals surface area (Å²) in [7, 11) is 0. The van der Waals surface area contributed by atoms with E-state index in [1.165, 1.54) is 108 Å². The smallest absolute Gasteiger partial charge is 0.0547 e. The molecule has 10 aromatic carbocycles. The van der Waals surface area contributed by atoms with Crippen molar-refractivity contribution in [1.82, 2.24) is 4.57 Å². The molecule has 56 heavy (non-hydrogen) atoms. The molecule has 0 saturated carbocycles. The summed E-state index contributed by atoms with van der Waals surface area (Å²) >= 11 is 1.88. The van der Waals surface area contributed by atoms with Crippen LogP contribution in [0, 0.1) is 0 Å². The van der Waals surface area contributed by atoms with Crippen molar-refractivity contribution >= 4 is 85.6 Å². The maximum Gasteiger partial charge on any atom is 0.0547 e. The highest BCUT2D eigenvalue weighted by atomic mass is 32.1. The number of benzene rings is 10. The molecule has 260 valence electrons. The highest BCUT2D eigenvalue weighted by Gasteiger charge is 2.16. The fraction of sp³-hybridized carbons (Fsp3) is 0. The van der Waals surface area contributed by atoms with Crippen molar-refractivity contribution < 1.29 is 0 Å². The lowest BCUT2D eigenvalue weighted by Crippen LogP contribution is -1.94. The molecular weight excluding hydrogens is 695 g/mol. The zero-order chi connectivity index (χ0) is 36.7. The van der Waals surface area contributed by atoms with E-state index in [0.717, 1.165) is 5.69 Å². The number of hydrogen-bond acceptors (Lipinski definition) is 1. The van der Waals surface area contributed by atoms with E-state index < -0.39 is 0 Å². The second-order valence-electron chi connectivity index (χ2n) is 14.8. The Balaban J connectivity index is 1.00. The summed E-state index contributed by atoms with van der Waals surface area (Å²) in [6.07, 6.45) is 0. The minimum absolute atomic E-state index is 1.16. The van der Waals surface area contributed by atoms with Crippen molar-refractivity contribution in [2.75, 3.05) is 0 Å². The topological polar surface area (TPSA) is 4.93 Å². The monoisotopic (exact) mass is 727 g/mol. The minimum Gasteiger partial charge on any atom is -0.309 e. The highest BCUT2D eigenvalue weighted by molar-refractivity contribution is 7.26. The van der Waals surface area contributed by atoms with Crippen molar-refractivity contribution in [1.29, 1.82) is 0 Å². The van der Waals surface area contributed by atoms with Gasteiger partial charge in [0.15, 0.2) is 0 Å². The standard InChI is InChI=1S/C54H33NS/c1-2-18-43-41(16-1)42-17-3-4-19-44(42)50-32-36(26-28-45(43)50)34-12-9-13-35(30-34)37-27-29-47-46-20-5-7-24-51(46)55(52(47)33-37)39-15-10-14-38(31-39)40-22-11-23-49-48-21-6-8-25-53(48)56-54(40)49/h1-33H. The van der Waals surface area contributed by atoms with Gasteiger partial charge in [-0.2, -0.15) is 0 Å². The van der Waals surface area contributed by atoms with E-state index in [1.807, 2.05) is 11.3 Å². The van der Waals surface area contributed by atoms with E-state index in [4.69, 9.17) is 0 Å². The number of para-hydroxylation sites is 1. The quantitative estimate of drug-likeness (QED) is 0.159. The fourth-order valence-corrected chi connectivity index (χ4v) is 10.4. The molecule has 0 amide bonds. The molecule has 0 fully saturated rings. The summed E-state index contributed by atoms with van der Waals surface area (Å²) in [4.78, 5) is 0. The summed E-state index contributed by atoms with van der Waals surface area (Å²) in [5.41, 5.74) is 10.9. The van der Waals surface area contributed by atoms with Gasteiger partial charge in [-0.25, -0.2) is 0 Å². The number of aromatic nitrogens is 1. The normalized spacial score (nSPS) is 11.9. The van der Waals surface area contributed by atoms with E-state index in [0.29, 0.717) is 0 Å². The van der Waals surface area contributed by atoms with Crippen LogP contribution in [0.3, 0.4) is 0 Å². The molecule has 12 rings (SSSR count). The zero-order valence-electron chi connectivity index (χ0n) is 30.4. The molecule has 0 N–H and O–H groups in total. The van der Waals surface area contributed by atoms with Crippen molar-refractivity contribution in [2.45, 2.75) is 0 Å². The molecule has 0 atom stereocenters. The molecule has 0 unspecified atom stereocenters. The van der Waals surface area contributed by atoms with Crippen LogP contribution in [0.4, 0.5) is 0 Å². The van der Waals surface area contributed by atoms with Crippen LogP contribution in [0.5, 0.6) is 0 Å². The molecule has 0 aliphatic rings. The molecule has 2 aromatic heterocycles. The molecule has 0 saturated heterocycles. The first-order chi connectivity index (χ1) is 27.8. The van der Waals surface area contributed by atoms with Crippen molar-refractivity contribution in [3.63, 3.8) is 0 Å². The molecule has 0 aliphatic carbocycles. The van der Waals surface area contributed by atoms with Gasteiger partial charge in [0, 0.05) is 36.6 Å². The van der Waals surface area contributed by atoms with E-state index in [-0.39, 0.29) is 0 Å². The minimum atomic E-state index is 1.16. The van der Waals surface area contributed by atoms with Crippen molar-refractivity contribution in [3.05, 3.63) is 200 Å². The molecule has 0 radical (unpaired) electrons. The summed E-state index contributed by atoms with van der Waals surface area (Å²) in [5, 5.41) is 12.9. The number of rotatable bonds is 4. The van der Waals surface area contributed by atoms with E-state index in [9.17, 15) is 0 Å². The predicted molar refractivity (Wildman–Crippen MR) is 242 cm³/mol. The Hall–Kier alpha value is -7.00.